The number of hydrogen-bond donors (Lipinski definition) is 1. The highest BCUT2D eigenvalue weighted by Crippen LogP contribution is 2.32. The number of fused-ring (bicyclic) bond motifs is 2. The topological polar surface area (TPSA) is 29.5 Å². The van der Waals surface area contributed by atoms with Crippen LogP contribution in [0.15, 0.2) is 0 Å². The van der Waals surface area contributed by atoms with E-state index in [1.807, 2.05) is 0 Å². The maximum atomic E-state index is 9.27. The molecule has 2 heteroatoms. The number of ether oxygens (including phenoxy) is 1. The molecule has 2 nitrogen and oxygen atoms in total. The molecular weight excluding hydrogens is 116 g/mol. The summed E-state index contributed by atoms with van der Waals surface area (Å²) in [4.78, 5) is 0. The van der Waals surface area contributed by atoms with Crippen LogP contribution in [0.2, 0.25) is 0 Å². The molecule has 2 aliphatic heterocycles. The van der Waals surface area contributed by atoms with Crippen molar-refractivity contribution in [1.29, 1.82) is 0 Å². The second kappa shape index (κ2) is 1.96. The predicted molar refractivity (Wildman–Crippen MR) is 33.1 cm³/mol. The minimum Gasteiger partial charge on any atom is -0.390 e. The van der Waals surface area contributed by atoms with Crippen molar-refractivity contribution in [2.24, 2.45) is 0 Å². The molecule has 0 aromatic heterocycles. The second-order valence-corrected chi connectivity index (χ2v) is 3.03. The van der Waals surface area contributed by atoms with E-state index in [1.54, 1.807) is 0 Å². The Bertz CT molecular complexity index is 111. The predicted octanol–water partition coefficient (Wildman–Crippen LogP) is 0.689. The van der Waals surface area contributed by atoms with E-state index in [-0.39, 0.29) is 12.2 Å². The van der Waals surface area contributed by atoms with E-state index in [0.717, 1.165) is 19.3 Å². The van der Waals surface area contributed by atoms with Crippen molar-refractivity contribution >= 4 is 0 Å². The fraction of sp³-hybridized carbons (Fsp3) is 1.00. The van der Waals surface area contributed by atoms with Crippen LogP contribution in [0.1, 0.15) is 25.7 Å². The van der Waals surface area contributed by atoms with Crippen LogP contribution in [0.4, 0.5) is 0 Å². The third-order valence-corrected chi connectivity index (χ3v) is 2.32. The highest BCUT2D eigenvalue weighted by atomic mass is 16.5. The highest BCUT2D eigenvalue weighted by molar-refractivity contribution is 4.86. The van der Waals surface area contributed by atoms with Gasteiger partial charge in [0.1, 0.15) is 0 Å². The van der Waals surface area contributed by atoms with Gasteiger partial charge >= 0.3 is 0 Å². The molecule has 2 rings (SSSR count). The fourth-order valence-electron chi connectivity index (χ4n) is 1.81. The fourth-order valence-corrected chi connectivity index (χ4v) is 1.81. The van der Waals surface area contributed by atoms with Gasteiger partial charge in [0.25, 0.3) is 0 Å². The Kier molecular flexibility index (Phi) is 1.24. The van der Waals surface area contributed by atoms with Gasteiger partial charge < -0.3 is 9.84 Å². The molecule has 0 aromatic rings. The van der Waals surface area contributed by atoms with Gasteiger partial charge in [0.15, 0.2) is 0 Å². The summed E-state index contributed by atoms with van der Waals surface area (Å²) >= 11 is 0. The van der Waals surface area contributed by atoms with E-state index >= 15 is 0 Å². The van der Waals surface area contributed by atoms with Crippen molar-refractivity contribution in [2.45, 2.75) is 44.0 Å². The number of aliphatic hydroxyl groups excluding tert-OH is 1. The molecule has 2 fully saturated rings. The summed E-state index contributed by atoms with van der Waals surface area (Å²) in [6.07, 6.45) is 4.77. The monoisotopic (exact) mass is 128 g/mol. The third-order valence-electron chi connectivity index (χ3n) is 2.32. The molecule has 3 atom stereocenters. The van der Waals surface area contributed by atoms with Crippen LogP contribution in [0.3, 0.4) is 0 Å². The van der Waals surface area contributed by atoms with Crippen molar-refractivity contribution in [3.63, 3.8) is 0 Å². The zero-order chi connectivity index (χ0) is 6.27. The van der Waals surface area contributed by atoms with Gasteiger partial charge in [-0.05, 0) is 19.3 Å². The summed E-state index contributed by atoms with van der Waals surface area (Å²) in [5.41, 5.74) is 0. The highest BCUT2D eigenvalue weighted by Gasteiger charge is 2.36. The molecule has 2 bridgehead atoms. The normalized spacial score (nSPS) is 49.7. The molecule has 0 aliphatic carbocycles. The Morgan fingerprint density at radius 2 is 2.22 bits per heavy atom. The van der Waals surface area contributed by atoms with Crippen molar-refractivity contribution in [3.8, 4) is 0 Å². The number of aliphatic hydroxyl groups is 1. The van der Waals surface area contributed by atoms with Gasteiger partial charge in [-0.2, -0.15) is 0 Å². The summed E-state index contributed by atoms with van der Waals surface area (Å²) in [6, 6.07) is 0. The van der Waals surface area contributed by atoms with E-state index in [4.69, 9.17) is 4.74 Å². The molecule has 0 saturated carbocycles. The van der Waals surface area contributed by atoms with E-state index in [2.05, 4.69) is 0 Å². The van der Waals surface area contributed by atoms with Crippen LogP contribution >= 0.6 is 0 Å². The van der Waals surface area contributed by atoms with E-state index in [9.17, 15) is 5.11 Å². The first-order valence-electron chi connectivity index (χ1n) is 3.70. The summed E-state index contributed by atoms with van der Waals surface area (Å²) in [5.74, 6) is 0. The third kappa shape index (κ3) is 0.864. The van der Waals surface area contributed by atoms with Crippen LogP contribution in [-0.4, -0.2) is 23.4 Å². The summed E-state index contributed by atoms with van der Waals surface area (Å²) in [7, 11) is 0. The molecule has 0 aromatic carbocycles. The SMILES string of the molecule is OC1CC2CCCC1O2. The van der Waals surface area contributed by atoms with Gasteiger partial charge in [0.2, 0.25) is 0 Å². The summed E-state index contributed by atoms with van der Waals surface area (Å²) in [5, 5.41) is 9.27. The maximum absolute atomic E-state index is 9.27. The zero-order valence-corrected chi connectivity index (χ0v) is 5.42. The quantitative estimate of drug-likeness (QED) is 0.520. The van der Waals surface area contributed by atoms with Gasteiger partial charge in [0.05, 0.1) is 18.3 Å². The molecule has 1 N–H and O–H groups in total. The Morgan fingerprint density at radius 3 is 2.89 bits per heavy atom. The van der Waals surface area contributed by atoms with Crippen molar-refractivity contribution in [2.75, 3.05) is 0 Å². The average Bonchev–Trinajstić information content (AvgIpc) is 2.09. The Balaban J connectivity index is 2.07. The minimum absolute atomic E-state index is 0.155. The molecule has 0 amide bonds. The second-order valence-electron chi connectivity index (χ2n) is 3.03. The first-order chi connectivity index (χ1) is 4.36. The van der Waals surface area contributed by atoms with Crippen LogP contribution in [0.25, 0.3) is 0 Å². The van der Waals surface area contributed by atoms with Gasteiger partial charge in [-0.3, -0.25) is 0 Å². The van der Waals surface area contributed by atoms with Crippen LogP contribution in [-0.2, 0) is 4.74 Å². The van der Waals surface area contributed by atoms with E-state index in [0.29, 0.717) is 6.10 Å². The lowest BCUT2D eigenvalue weighted by Crippen LogP contribution is -2.22. The van der Waals surface area contributed by atoms with Crippen molar-refractivity contribution < 1.29 is 9.84 Å². The van der Waals surface area contributed by atoms with Gasteiger partial charge in [-0.1, -0.05) is 0 Å². The van der Waals surface area contributed by atoms with Gasteiger partial charge in [0, 0.05) is 6.42 Å². The van der Waals surface area contributed by atoms with E-state index in [1.165, 1.54) is 6.42 Å². The molecule has 2 heterocycles. The number of hydrogen-bond acceptors (Lipinski definition) is 2. The molecule has 2 saturated heterocycles. The first kappa shape index (κ1) is 5.69. The van der Waals surface area contributed by atoms with Crippen LogP contribution in [0, 0.1) is 0 Å². The van der Waals surface area contributed by atoms with Gasteiger partial charge in [-0.25, -0.2) is 0 Å². The standard InChI is InChI=1S/C7H12O2/c8-6-4-5-2-1-3-7(6)9-5/h5-8H,1-4H2. The first-order valence-corrected chi connectivity index (χ1v) is 3.70. The molecule has 3 unspecified atom stereocenters. The average molecular weight is 128 g/mol. The summed E-state index contributed by atoms with van der Waals surface area (Å²) < 4.78 is 5.46. The lowest BCUT2D eigenvalue weighted by molar-refractivity contribution is -0.0221. The summed E-state index contributed by atoms with van der Waals surface area (Å²) in [6.45, 7) is 0. The van der Waals surface area contributed by atoms with Crippen LogP contribution in [0.5, 0.6) is 0 Å². The lowest BCUT2D eigenvalue weighted by atomic mass is 10.1. The molecule has 0 radical (unpaired) electrons. The molecule has 2 aliphatic rings. The zero-order valence-electron chi connectivity index (χ0n) is 5.42. The minimum atomic E-state index is -0.155. The Hall–Kier alpha value is -0.0800. The molecule has 52 valence electrons. The van der Waals surface area contributed by atoms with E-state index < -0.39 is 0 Å². The van der Waals surface area contributed by atoms with Crippen molar-refractivity contribution in [1.82, 2.24) is 0 Å². The van der Waals surface area contributed by atoms with Gasteiger partial charge in [-0.15, -0.1) is 0 Å². The number of rotatable bonds is 0. The Labute approximate surface area is 54.8 Å². The van der Waals surface area contributed by atoms with Crippen molar-refractivity contribution in [3.05, 3.63) is 0 Å². The lowest BCUT2D eigenvalue weighted by Gasteiger charge is -2.19. The molecular formula is C7H12O2. The largest absolute Gasteiger partial charge is 0.390 e. The molecule has 9 heavy (non-hydrogen) atoms. The molecule has 0 spiro atoms. The maximum Gasteiger partial charge on any atom is 0.0838 e. The Morgan fingerprint density at radius 1 is 1.33 bits per heavy atom. The smallest absolute Gasteiger partial charge is 0.0838 e. The van der Waals surface area contributed by atoms with Crippen LogP contribution < -0.4 is 0 Å².